The first-order chi connectivity index (χ1) is 7.18. The Labute approximate surface area is 95.5 Å². The summed E-state index contributed by atoms with van der Waals surface area (Å²) in [5, 5.41) is 0. The van der Waals surface area contributed by atoms with Gasteiger partial charge in [-0.3, -0.25) is 0 Å². The number of allylic oxidation sites excluding steroid dienone is 2. The van der Waals surface area contributed by atoms with Gasteiger partial charge in [0.2, 0.25) is 0 Å². The fraction of sp³-hybridized carbons (Fsp3) is 0.692. The summed E-state index contributed by atoms with van der Waals surface area (Å²) < 4.78 is 0. The number of rotatable bonds is 7. The van der Waals surface area contributed by atoms with Crippen molar-refractivity contribution in [1.82, 2.24) is 4.90 Å². The molecule has 1 nitrogen and oxygen atoms in total. The highest BCUT2D eigenvalue weighted by Crippen LogP contribution is 2.10. The second-order valence-electron chi connectivity index (χ2n) is 4.69. The van der Waals surface area contributed by atoms with E-state index in [4.69, 9.17) is 0 Å². The van der Waals surface area contributed by atoms with Gasteiger partial charge in [0, 0.05) is 0 Å². The van der Waals surface area contributed by atoms with Gasteiger partial charge in [0.1, 0.15) is 7.28 Å². The summed E-state index contributed by atoms with van der Waals surface area (Å²) in [7, 11) is 2.27. The Morgan fingerprint density at radius 2 is 1.93 bits per heavy atom. The third-order valence-electron chi connectivity index (χ3n) is 2.84. The van der Waals surface area contributed by atoms with Crippen LogP contribution in [-0.2, 0) is 0 Å². The predicted molar refractivity (Wildman–Crippen MR) is 69.4 cm³/mol. The van der Waals surface area contributed by atoms with E-state index in [0.29, 0.717) is 0 Å². The maximum Gasteiger partial charge on any atom is 0.145 e. The molecule has 1 fully saturated rings. The van der Waals surface area contributed by atoms with Crippen LogP contribution in [0.1, 0.15) is 32.6 Å². The summed E-state index contributed by atoms with van der Waals surface area (Å²) in [5.41, 5.74) is 2.43. The van der Waals surface area contributed by atoms with Crippen LogP contribution in [0.25, 0.3) is 0 Å². The average Bonchev–Trinajstić information content (AvgIpc) is 2.63. The first-order valence-electron chi connectivity index (χ1n) is 6.06. The molecule has 0 amide bonds. The second-order valence-corrected chi connectivity index (χ2v) is 4.69. The lowest BCUT2D eigenvalue weighted by Crippen LogP contribution is -2.20. The van der Waals surface area contributed by atoms with Crippen molar-refractivity contribution in [3.63, 3.8) is 0 Å². The van der Waals surface area contributed by atoms with E-state index in [1.54, 1.807) is 0 Å². The van der Waals surface area contributed by atoms with E-state index in [9.17, 15) is 0 Å². The van der Waals surface area contributed by atoms with Crippen LogP contribution in [0, 0.1) is 0 Å². The third-order valence-corrected chi connectivity index (χ3v) is 2.84. The lowest BCUT2D eigenvalue weighted by Gasteiger charge is -2.13. The normalized spacial score (nSPS) is 16.6. The highest BCUT2D eigenvalue weighted by Gasteiger charge is 2.10. The molecule has 2 heteroatoms. The molecule has 1 radical (unpaired) electrons. The summed E-state index contributed by atoms with van der Waals surface area (Å²) in [5.74, 6) is 0. The van der Waals surface area contributed by atoms with Crippen molar-refractivity contribution in [2.24, 2.45) is 0 Å². The van der Waals surface area contributed by atoms with Gasteiger partial charge in [-0.05, 0) is 52.2 Å². The molecule has 1 rings (SSSR count). The van der Waals surface area contributed by atoms with Crippen LogP contribution < -0.4 is 0 Å². The topological polar surface area (TPSA) is 3.24 Å². The summed E-state index contributed by atoms with van der Waals surface area (Å²) in [4.78, 5) is 2.56. The maximum absolute atomic E-state index is 4.03. The minimum atomic E-state index is 0.962. The number of hydrogen-bond acceptors (Lipinski definition) is 1. The molecule has 0 saturated carbocycles. The van der Waals surface area contributed by atoms with Crippen LogP contribution in [0.5, 0.6) is 0 Å². The molecule has 1 aliphatic rings. The molecule has 0 aromatic carbocycles. The van der Waals surface area contributed by atoms with E-state index in [-0.39, 0.29) is 0 Å². The van der Waals surface area contributed by atoms with Gasteiger partial charge in [-0.2, -0.15) is 0 Å². The minimum absolute atomic E-state index is 0.962. The molecular weight excluding hydrogens is 181 g/mol. The first-order valence-corrected chi connectivity index (χ1v) is 6.06. The largest absolute Gasteiger partial charge is 0.303 e. The summed E-state index contributed by atoms with van der Waals surface area (Å²) in [6, 6.07) is 0. The molecule has 0 bridgehead atoms. The second kappa shape index (κ2) is 6.89. The maximum atomic E-state index is 4.03. The van der Waals surface area contributed by atoms with Gasteiger partial charge in [-0.25, -0.2) is 0 Å². The van der Waals surface area contributed by atoms with E-state index in [0.717, 1.165) is 6.42 Å². The van der Waals surface area contributed by atoms with E-state index in [1.807, 2.05) is 0 Å². The zero-order valence-electron chi connectivity index (χ0n) is 10.1. The molecule has 0 N–H and O–H groups in total. The van der Waals surface area contributed by atoms with Crippen molar-refractivity contribution in [3.05, 3.63) is 24.2 Å². The average molecular weight is 204 g/mol. The van der Waals surface area contributed by atoms with Crippen molar-refractivity contribution in [2.45, 2.75) is 38.9 Å². The number of nitrogens with zero attached hydrogens (tertiary/aromatic N) is 1. The van der Waals surface area contributed by atoms with Crippen LogP contribution in [0.3, 0.4) is 0 Å². The molecular formula is C13H23BN. The molecule has 0 atom stereocenters. The van der Waals surface area contributed by atoms with Gasteiger partial charge in [-0.15, -0.1) is 12.1 Å². The summed E-state index contributed by atoms with van der Waals surface area (Å²) >= 11 is 0. The van der Waals surface area contributed by atoms with Crippen molar-refractivity contribution in [1.29, 1.82) is 0 Å². The van der Waals surface area contributed by atoms with Crippen LogP contribution in [0.2, 0.25) is 6.32 Å². The Morgan fingerprint density at radius 3 is 2.53 bits per heavy atom. The highest BCUT2D eigenvalue weighted by molar-refractivity contribution is 6.45. The van der Waals surface area contributed by atoms with Gasteiger partial charge in [0.05, 0.1) is 0 Å². The molecule has 0 aromatic rings. The van der Waals surface area contributed by atoms with Gasteiger partial charge in [0.25, 0.3) is 0 Å². The summed E-state index contributed by atoms with van der Waals surface area (Å²) in [6.45, 7) is 13.9. The zero-order valence-corrected chi connectivity index (χ0v) is 10.1. The van der Waals surface area contributed by atoms with Gasteiger partial charge < -0.3 is 4.90 Å². The van der Waals surface area contributed by atoms with Crippen LogP contribution >= 0.6 is 0 Å². The van der Waals surface area contributed by atoms with Gasteiger partial charge >= 0.3 is 0 Å². The lowest BCUT2D eigenvalue weighted by molar-refractivity contribution is 0.339. The zero-order chi connectivity index (χ0) is 11.1. The number of hydrogen-bond donors (Lipinski definition) is 0. The van der Waals surface area contributed by atoms with Gasteiger partial charge in [0.15, 0.2) is 0 Å². The Balaban J connectivity index is 1.96. The van der Waals surface area contributed by atoms with Crippen molar-refractivity contribution < 1.29 is 0 Å². The molecule has 0 unspecified atom stereocenters. The van der Waals surface area contributed by atoms with Crippen molar-refractivity contribution in [2.75, 3.05) is 19.6 Å². The fourth-order valence-electron chi connectivity index (χ4n) is 2.09. The number of likely N-dealkylation sites (tertiary alicyclic amines) is 1. The molecule has 1 aliphatic heterocycles. The summed E-state index contributed by atoms with van der Waals surface area (Å²) in [6.07, 6.45) is 6.19. The third kappa shape index (κ3) is 5.83. The molecule has 15 heavy (non-hydrogen) atoms. The van der Waals surface area contributed by atoms with E-state index in [2.05, 4.69) is 32.3 Å². The van der Waals surface area contributed by atoms with Gasteiger partial charge in [-0.1, -0.05) is 18.5 Å². The predicted octanol–water partition coefficient (Wildman–Crippen LogP) is 3.07. The quantitative estimate of drug-likeness (QED) is 0.350. The Bertz CT molecular complexity index is 217. The first kappa shape index (κ1) is 12.6. The molecule has 0 aliphatic carbocycles. The van der Waals surface area contributed by atoms with Crippen LogP contribution in [0.4, 0.5) is 0 Å². The fourth-order valence-corrected chi connectivity index (χ4v) is 2.09. The minimum Gasteiger partial charge on any atom is -0.303 e. The van der Waals surface area contributed by atoms with Crippen LogP contribution in [-0.4, -0.2) is 31.8 Å². The van der Waals surface area contributed by atoms with E-state index in [1.165, 1.54) is 56.3 Å². The standard InChI is InChI=1S/C13H23BN/c1-12(2)11-13(3)14-7-6-10-15-8-4-5-9-15/h1,3-11H2,2H3. The SMILES string of the molecule is C=C(C)CC(=C)[B]CCCN1CCCC1. The Hall–Kier alpha value is -0.495. The lowest BCUT2D eigenvalue weighted by atomic mass is 9.64. The molecule has 1 heterocycles. The van der Waals surface area contributed by atoms with Crippen molar-refractivity contribution in [3.8, 4) is 0 Å². The Morgan fingerprint density at radius 1 is 1.27 bits per heavy atom. The molecule has 0 aromatic heterocycles. The van der Waals surface area contributed by atoms with E-state index < -0.39 is 0 Å². The molecule has 83 valence electrons. The molecule has 0 spiro atoms. The Kier molecular flexibility index (Phi) is 5.78. The molecule has 1 saturated heterocycles. The van der Waals surface area contributed by atoms with E-state index >= 15 is 0 Å². The van der Waals surface area contributed by atoms with Crippen LogP contribution in [0.15, 0.2) is 24.2 Å². The highest BCUT2D eigenvalue weighted by atomic mass is 15.1. The monoisotopic (exact) mass is 204 g/mol. The van der Waals surface area contributed by atoms with Crippen molar-refractivity contribution >= 4 is 7.28 Å². The smallest absolute Gasteiger partial charge is 0.145 e.